The second-order valence-corrected chi connectivity index (χ2v) is 7.59. The number of amides is 1. The van der Waals surface area contributed by atoms with E-state index >= 15 is 0 Å². The SMILES string of the molecule is CN(C)S(=O)(=O)c1cccc(NC(=O)CNc2ccc(F)c(F)c2F)c1. The number of nitrogens with zero attached hydrogens (tertiary/aromatic N) is 1. The number of nitrogens with one attached hydrogen (secondary N) is 2. The predicted octanol–water partition coefficient (Wildman–Crippen LogP) is 2.40. The molecule has 0 bridgehead atoms. The van der Waals surface area contributed by atoms with Gasteiger partial charge in [-0.3, -0.25) is 4.79 Å². The third-order valence-electron chi connectivity index (χ3n) is 3.37. The highest BCUT2D eigenvalue weighted by Crippen LogP contribution is 2.20. The Kier molecular flexibility index (Phi) is 5.88. The molecule has 0 heterocycles. The Hall–Kier alpha value is -2.59. The van der Waals surface area contributed by atoms with E-state index < -0.39 is 39.9 Å². The second kappa shape index (κ2) is 7.75. The van der Waals surface area contributed by atoms with Gasteiger partial charge in [0.05, 0.1) is 17.1 Å². The third-order valence-corrected chi connectivity index (χ3v) is 5.18. The van der Waals surface area contributed by atoms with Gasteiger partial charge in [0.1, 0.15) is 0 Å². The van der Waals surface area contributed by atoms with Crippen LogP contribution in [0.5, 0.6) is 0 Å². The Labute approximate surface area is 148 Å². The Morgan fingerprint density at radius 3 is 2.42 bits per heavy atom. The van der Waals surface area contributed by atoms with Crippen molar-refractivity contribution >= 4 is 27.3 Å². The summed E-state index contributed by atoms with van der Waals surface area (Å²) in [7, 11) is -0.914. The van der Waals surface area contributed by atoms with E-state index in [9.17, 15) is 26.4 Å². The molecule has 0 atom stereocenters. The normalized spacial score (nSPS) is 11.5. The lowest BCUT2D eigenvalue weighted by Crippen LogP contribution is -2.24. The van der Waals surface area contributed by atoms with Crippen LogP contribution >= 0.6 is 0 Å². The summed E-state index contributed by atoms with van der Waals surface area (Å²) in [5.74, 6) is -5.04. The molecule has 2 aromatic rings. The monoisotopic (exact) mass is 387 g/mol. The van der Waals surface area contributed by atoms with Gasteiger partial charge >= 0.3 is 0 Å². The molecule has 0 saturated carbocycles. The summed E-state index contributed by atoms with van der Waals surface area (Å²) in [6, 6.07) is 7.27. The molecule has 0 aromatic heterocycles. The van der Waals surface area contributed by atoms with E-state index in [0.717, 1.165) is 16.4 Å². The Morgan fingerprint density at radius 2 is 1.77 bits per heavy atom. The molecule has 0 saturated heterocycles. The van der Waals surface area contributed by atoms with Crippen LogP contribution in [-0.4, -0.2) is 39.3 Å². The van der Waals surface area contributed by atoms with E-state index in [1.165, 1.54) is 38.4 Å². The van der Waals surface area contributed by atoms with Crippen molar-refractivity contribution in [1.82, 2.24) is 4.31 Å². The zero-order valence-corrected chi connectivity index (χ0v) is 14.7. The van der Waals surface area contributed by atoms with Crippen LogP contribution in [0.4, 0.5) is 24.5 Å². The van der Waals surface area contributed by atoms with Crippen molar-refractivity contribution in [3.8, 4) is 0 Å². The molecule has 140 valence electrons. The van der Waals surface area contributed by atoms with Crippen LogP contribution in [0.15, 0.2) is 41.3 Å². The summed E-state index contributed by atoms with van der Waals surface area (Å²) < 4.78 is 64.7. The van der Waals surface area contributed by atoms with Crippen LogP contribution in [0.2, 0.25) is 0 Å². The maximum absolute atomic E-state index is 13.5. The number of carbonyl (C=O) groups is 1. The van der Waals surface area contributed by atoms with Crippen LogP contribution in [-0.2, 0) is 14.8 Å². The molecule has 2 N–H and O–H groups in total. The zero-order chi connectivity index (χ0) is 19.5. The minimum absolute atomic E-state index is 0.0140. The molecule has 26 heavy (non-hydrogen) atoms. The molecule has 0 spiro atoms. The summed E-state index contributed by atoms with van der Waals surface area (Å²) >= 11 is 0. The minimum atomic E-state index is -3.67. The van der Waals surface area contributed by atoms with Crippen molar-refractivity contribution in [2.75, 3.05) is 31.3 Å². The lowest BCUT2D eigenvalue weighted by Gasteiger charge is -2.13. The number of benzene rings is 2. The average molecular weight is 387 g/mol. The van der Waals surface area contributed by atoms with E-state index in [2.05, 4.69) is 10.6 Å². The van der Waals surface area contributed by atoms with Crippen LogP contribution in [0.1, 0.15) is 0 Å². The maximum atomic E-state index is 13.5. The molecule has 1 amide bonds. The molecular weight excluding hydrogens is 371 g/mol. The molecule has 2 rings (SSSR count). The van der Waals surface area contributed by atoms with Gasteiger partial charge in [0.15, 0.2) is 17.5 Å². The summed E-state index contributed by atoms with van der Waals surface area (Å²) in [6.07, 6.45) is 0. The van der Waals surface area contributed by atoms with Crippen molar-refractivity contribution in [2.24, 2.45) is 0 Å². The number of hydrogen-bond donors (Lipinski definition) is 2. The van der Waals surface area contributed by atoms with Crippen LogP contribution in [0.3, 0.4) is 0 Å². The largest absolute Gasteiger partial charge is 0.374 e. The summed E-state index contributed by atoms with van der Waals surface area (Å²) in [5.41, 5.74) is -0.159. The number of sulfonamides is 1. The molecule has 0 aliphatic rings. The first-order valence-corrected chi connectivity index (χ1v) is 8.76. The van der Waals surface area contributed by atoms with E-state index in [1.54, 1.807) is 0 Å². The van der Waals surface area contributed by atoms with E-state index in [0.29, 0.717) is 0 Å². The van der Waals surface area contributed by atoms with E-state index in [-0.39, 0.29) is 16.3 Å². The number of carbonyl (C=O) groups excluding carboxylic acids is 1. The minimum Gasteiger partial charge on any atom is -0.374 e. The van der Waals surface area contributed by atoms with Crippen molar-refractivity contribution < 1.29 is 26.4 Å². The molecular formula is C16H16F3N3O3S. The van der Waals surface area contributed by atoms with Crippen molar-refractivity contribution in [3.63, 3.8) is 0 Å². The lowest BCUT2D eigenvalue weighted by atomic mass is 10.2. The van der Waals surface area contributed by atoms with Crippen molar-refractivity contribution in [1.29, 1.82) is 0 Å². The Balaban J connectivity index is 2.06. The van der Waals surface area contributed by atoms with Gasteiger partial charge in [-0.2, -0.15) is 0 Å². The van der Waals surface area contributed by atoms with Crippen LogP contribution in [0, 0.1) is 17.5 Å². The fraction of sp³-hybridized carbons (Fsp3) is 0.188. The quantitative estimate of drug-likeness (QED) is 0.747. The number of anilines is 2. The van der Waals surface area contributed by atoms with Gasteiger partial charge in [-0.1, -0.05) is 6.07 Å². The number of halogens is 3. The summed E-state index contributed by atoms with van der Waals surface area (Å²) in [6.45, 7) is -0.438. The highest BCUT2D eigenvalue weighted by molar-refractivity contribution is 7.89. The van der Waals surface area contributed by atoms with E-state index in [1.807, 2.05) is 0 Å². The number of hydrogen-bond acceptors (Lipinski definition) is 4. The lowest BCUT2D eigenvalue weighted by molar-refractivity contribution is -0.114. The average Bonchev–Trinajstić information content (AvgIpc) is 2.59. The fourth-order valence-electron chi connectivity index (χ4n) is 1.99. The van der Waals surface area contributed by atoms with Gasteiger partial charge in [0, 0.05) is 19.8 Å². The first-order valence-electron chi connectivity index (χ1n) is 7.32. The Bertz CT molecular complexity index is 934. The second-order valence-electron chi connectivity index (χ2n) is 5.44. The van der Waals surface area contributed by atoms with Crippen molar-refractivity contribution in [2.45, 2.75) is 4.90 Å². The van der Waals surface area contributed by atoms with Crippen LogP contribution in [0.25, 0.3) is 0 Å². The molecule has 6 nitrogen and oxygen atoms in total. The Morgan fingerprint density at radius 1 is 1.08 bits per heavy atom. The standard InChI is InChI=1S/C16H16F3N3O3S/c1-22(2)26(24,25)11-5-3-4-10(8-11)21-14(23)9-20-13-7-6-12(17)15(18)16(13)19/h3-8,20H,9H2,1-2H3,(H,21,23). The fourth-order valence-corrected chi connectivity index (χ4v) is 2.94. The topological polar surface area (TPSA) is 78.5 Å². The molecule has 10 heteroatoms. The molecule has 0 unspecified atom stereocenters. The smallest absolute Gasteiger partial charge is 0.243 e. The molecule has 0 aliphatic heterocycles. The van der Waals surface area contributed by atoms with Gasteiger partial charge in [-0.25, -0.2) is 25.9 Å². The van der Waals surface area contributed by atoms with Gasteiger partial charge < -0.3 is 10.6 Å². The van der Waals surface area contributed by atoms with Gasteiger partial charge in [-0.15, -0.1) is 0 Å². The first-order chi connectivity index (χ1) is 12.1. The maximum Gasteiger partial charge on any atom is 0.243 e. The summed E-state index contributed by atoms with van der Waals surface area (Å²) in [5, 5.41) is 4.78. The summed E-state index contributed by atoms with van der Waals surface area (Å²) in [4.78, 5) is 11.9. The van der Waals surface area contributed by atoms with Gasteiger partial charge in [0.25, 0.3) is 0 Å². The first kappa shape index (κ1) is 19.7. The highest BCUT2D eigenvalue weighted by atomic mass is 32.2. The number of rotatable bonds is 6. The van der Waals surface area contributed by atoms with Gasteiger partial charge in [0.2, 0.25) is 15.9 Å². The molecule has 2 aromatic carbocycles. The van der Waals surface area contributed by atoms with Crippen LogP contribution < -0.4 is 10.6 Å². The zero-order valence-electron chi connectivity index (χ0n) is 13.9. The highest BCUT2D eigenvalue weighted by Gasteiger charge is 2.18. The molecule has 0 radical (unpaired) electrons. The molecule has 0 aliphatic carbocycles. The molecule has 0 fully saturated rings. The van der Waals surface area contributed by atoms with E-state index in [4.69, 9.17) is 0 Å². The predicted molar refractivity (Wildman–Crippen MR) is 90.8 cm³/mol. The third kappa shape index (κ3) is 4.33. The van der Waals surface area contributed by atoms with Gasteiger partial charge in [-0.05, 0) is 30.3 Å². The van der Waals surface area contributed by atoms with Crippen molar-refractivity contribution in [3.05, 3.63) is 53.8 Å².